The van der Waals surface area contributed by atoms with Crippen LogP contribution in [0.1, 0.15) is 13.3 Å². The minimum Gasteiger partial charge on any atom is -0.497 e. The summed E-state index contributed by atoms with van der Waals surface area (Å²) >= 11 is 0. The van der Waals surface area contributed by atoms with E-state index < -0.39 is 5.60 Å². The Labute approximate surface area is 182 Å². The molecule has 3 aromatic rings. The third-order valence-electron chi connectivity index (χ3n) is 6.27. The Morgan fingerprint density at radius 3 is 2.58 bits per heavy atom. The molecule has 2 aromatic heterocycles. The quantitative estimate of drug-likeness (QED) is 0.674. The molecule has 5 rings (SSSR count). The number of aliphatic hydroxyl groups is 1. The second-order valence-electron chi connectivity index (χ2n) is 8.72. The Hall–Kier alpha value is -2.90. The number of rotatable bonds is 4. The van der Waals surface area contributed by atoms with Gasteiger partial charge in [-0.3, -0.25) is 0 Å². The summed E-state index contributed by atoms with van der Waals surface area (Å²) in [7, 11) is 1.67. The monoisotopic (exact) mass is 419 g/mol. The van der Waals surface area contributed by atoms with Crippen LogP contribution in [-0.4, -0.2) is 67.1 Å². The molecule has 7 nitrogen and oxygen atoms in total. The van der Waals surface area contributed by atoms with Gasteiger partial charge in [0.2, 0.25) is 0 Å². The highest BCUT2D eigenvalue weighted by atomic mass is 16.5. The maximum atomic E-state index is 10.5. The van der Waals surface area contributed by atoms with Gasteiger partial charge in [0.1, 0.15) is 11.6 Å². The normalized spacial score (nSPS) is 21.6. The summed E-state index contributed by atoms with van der Waals surface area (Å²) in [5, 5.41) is 15.0. The van der Waals surface area contributed by atoms with Gasteiger partial charge in [0.05, 0.1) is 23.9 Å². The van der Waals surface area contributed by atoms with Crippen molar-refractivity contribution < 1.29 is 9.84 Å². The lowest BCUT2D eigenvalue weighted by Crippen LogP contribution is -2.43. The highest BCUT2D eigenvalue weighted by Gasteiger charge is 2.32. The summed E-state index contributed by atoms with van der Waals surface area (Å²) < 4.78 is 5.43. The van der Waals surface area contributed by atoms with Crippen molar-refractivity contribution in [2.45, 2.75) is 18.9 Å². The molecule has 0 aliphatic carbocycles. The van der Waals surface area contributed by atoms with Crippen LogP contribution < -0.4 is 19.9 Å². The average Bonchev–Trinajstić information content (AvgIpc) is 3.18. The molecule has 2 saturated heterocycles. The zero-order valence-electron chi connectivity index (χ0n) is 18.1. The Morgan fingerprint density at radius 1 is 1.06 bits per heavy atom. The molecule has 1 aromatic carbocycles. The molecule has 162 valence electrons. The van der Waals surface area contributed by atoms with Gasteiger partial charge < -0.3 is 25.0 Å². The average molecular weight is 420 g/mol. The van der Waals surface area contributed by atoms with Gasteiger partial charge in [0.15, 0.2) is 0 Å². The van der Waals surface area contributed by atoms with E-state index in [1.165, 1.54) is 0 Å². The van der Waals surface area contributed by atoms with Crippen LogP contribution >= 0.6 is 0 Å². The van der Waals surface area contributed by atoms with Crippen molar-refractivity contribution in [2.24, 2.45) is 0 Å². The molecule has 0 amide bonds. The van der Waals surface area contributed by atoms with Gasteiger partial charge in [-0.05, 0) is 43.7 Å². The highest BCUT2D eigenvalue weighted by Crippen LogP contribution is 2.36. The number of pyridine rings is 2. The van der Waals surface area contributed by atoms with Crippen molar-refractivity contribution in [3.05, 3.63) is 42.6 Å². The Morgan fingerprint density at radius 2 is 1.90 bits per heavy atom. The van der Waals surface area contributed by atoms with Crippen molar-refractivity contribution in [3.8, 4) is 17.0 Å². The molecule has 1 unspecified atom stereocenters. The van der Waals surface area contributed by atoms with Gasteiger partial charge >= 0.3 is 0 Å². The van der Waals surface area contributed by atoms with E-state index in [9.17, 15) is 5.11 Å². The molecule has 0 bridgehead atoms. The van der Waals surface area contributed by atoms with Crippen molar-refractivity contribution >= 4 is 22.4 Å². The minimum absolute atomic E-state index is 0.609. The number of anilines is 2. The number of benzene rings is 1. The molecule has 31 heavy (non-hydrogen) atoms. The number of nitrogens with zero attached hydrogens (tertiary/aromatic N) is 4. The second kappa shape index (κ2) is 7.98. The molecule has 2 fully saturated rings. The smallest absolute Gasteiger partial charge is 0.128 e. The van der Waals surface area contributed by atoms with Crippen LogP contribution in [0.5, 0.6) is 5.75 Å². The van der Waals surface area contributed by atoms with E-state index in [4.69, 9.17) is 14.7 Å². The Bertz CT molecular complexity index is 1080. The van der Waals surface area contributed by atoms with Gasteiger partial charge in [-0.25, -0.2) is 9.97 Å². The summed E-state index contributed by atoms with van der Waals surface area (Å²) in [6.07, 6.45) is 2.67. The summed E-state index contributed by atoms with van der Waals surface area (Å²) in [5.74, 6) is 1.78. The first-order chi connectivity index (χ1) is 15.0. The van der Waals surface area contributed by atoms with Crippen LogP contribution in [0.2, 0.25) is 0 Å². The van der Waals surface area contributed by atoms with Crippen molar-refractivity contribution in [3.63, 3.8) is 0 Å². The SMILES string of the molecule is COc1ccc2c(N3CCC(C)(O)C3)cc(-c3ccc(N4CCNCC4)nc3)nc2c1. The minimum atomic E-state index is -0.672. The zero-order valence-corrected chi connectivity index (χ0v) is 18.1. The number of methoxy groups -OCH3 is 1. The van der Waals surface area contributed by atoms with Crippen LogP contribution in [0.3, 0.4) is 0 Å². The lowest BCUT2D eigenvalue weighted by Gasteiger charge is -2.28. The fraction of sp³-hybridized carbons (Fsp3) is 0.417. The van der Waals surface area contributed by atoms with Crippen LogP contribution in [0.4, 0.5) is 11.5 Å². The fourth-order valence-electron chi connectivity index (χ4n) is 4.50. The maximum Gasteiger partial charge on any atom is 0.128 e. The van der Waals surface area contributed by atoms with Gasteiger partial charge in [-0.2, -0.15) is 0 Å². The molecule has 4 heterocycles. The highest BCUT2D eigenvalue weighted by molar-refractivity contribution is 5.95. The first kappa shape index (κ1) is 20.0. The summed E-state index contributed by atoms with van der Waals surface area (Å²) in [5.41, 5.74) is 3.16. The number of nitrogens with one attached hydrogen (secondary N) is 1. The molecule has 0 spiro atoms. The third-order valence-corrected chi connectivity index (χ3v) is 6.27. The molecule has 0 radical (unpaired) electrons. The molecular formula is C24H29N5O2. The number of piperazine rings is 1. The molecule has 0 saturated carbocycles. The predicted octanol–water partition coefficient (Wildman–Crippen LogP) is 2.68. The van der Waals surface area contributed by atoms with E-state index in [2.05, 4.69) is 39.4 Å². The standard InChI is InChI=1S/C24H29N5O2/c1-24(30)7-10-29(16-24)22-14-20(27-21-13-18(31-2)4-5-19(21)22)17-3-6-23(26-15-17)28-11-8-25-9-12-28/h3-6,13-15,25,30H,7-12,16H2,1-2H3. The number of fused-ring (bicyclic) bond motifs is 1. The predicted molar refractivity (Wildman–Crippen MR) is 124 cm³/mol. The number of aromatic nitrogens is 2. The lowest BCUT2D eigenvalue weighted by atomic mass is 10.1. The van der Waals surface area contributed by atoms with Gasteiger partial charge in [0.25, 0.3) is 0 Å². The number of ether oxygens (including phenoxy) is 1. The largest absolute Gasteiger partial charge is 0.497 e. The van der Waals surface area contributed by atoms with E-state index in [-0.39, 0.29) is 0 Å². The maximum absolute atomic E-state index is 10.5. The van der Waals surface area contributed by atoms with Crippen molar-refractivity contribution in [2.75, 3.05) is 56.2 Å². The molecule has 7 heteroatoms. The Kier molecular flexibility index (Phi) is 5.16. The lowest BCUT2D eigenvalue weighted by molar-refractivity contribution is 0.0839. The summed E-state index contributed by atoms with van der Waals surface area (Å²) in [4.78, 5) is 14.2. The van der Waals surface area contributed by atoms with Gasteiger partial charge in [0, 0.05) is 68.2 Å². The molecule has 2 aliphatic rings. The Balaban J connectivity index is 1.55. The van der Waals surface area contributed by atoms with Gasteiger partial charge in [-0.1, -0.05) is 0 Å². The van der Waals surface area contributed by atoms with E-state index in [1.54, 1.807) is 7.11 Å². The topological polar surface area (TPSA) is 73.8 Å². The van der Waals surface area contributed by atoms with E-state index in [0.29, 0.717) is 6.54 Å². The molecule has 2 N–H and O–H groups in total. The van der Waals surface area contributed by atoms with Crippen molar-refractivity contribution in [1.82, 2.24) is 15.3 Å². The van der Waals surface area contributed by atoms with Crippen LogP contribution in [0.25, 0.3) is 22.2 Å². The number of hydrogen-bond donors (Lipinski definition) is 2. The summed E-state index contributed by atoms with van der Waals surface area (Å²) in [6, 6.07) is 12.3. The van der Waals surface area contributed by atoms with E-state index in [0.717, 1.165) is 78.6 Å². The third kappa shape index (κ3) is 4.03. The molecule has 2 aliphatic heterocycles. The van der Waals surface area contributed by atoms with E-state index in [1.807, 2.05) is 25.3 Å². The first-order valence-corrected chi connectivity index (χ1v) is 10.9. The number of hydrogen-bond acceptors (Lipinski definition) is 7. The van der Waals surface area contributed by atoms with Crippen LogP contribution in [-0.2, 0) is 0 Å². The van der Waals surface area contributed by atoms with Crippen LogP contribution in [0.15, 0.2) is 42.6 Å². The van der Waals surface area contributed by atoms with E-state index >= 15 is 0 Å². The van der Waals surface area contributed by atoms with Crippen molar-refractivity contribution in [1.29, 1.82) is 0 Å². The molecular weight excluding hydrogens is 390 g/mol. The molecule has 1 atom stereocenters. The van der Waals surface area contributed by atoms with Gasteiger partial charge in [-0.15, -0.1) is 0 Å². The first-order valence-electron chi connectivity index (χ1n) is 10.9. The fourth-order valence-corrected chi connectivity index (χ4v) is 4.50. The number of β-amino-alcohol motifs (C(OH)–C–C–N with tert-alkyl or cyclic N) is 1. The second-order valence-corrected chi connectivity index (χ2v) is 8.72. The summed E-state index contributed by atoms with van der Waals surface area (Å²) in [6.45, 7) is 7.24. The zero-order chi connectivity index (χ0) is 21.4. The van der Waals surface area contributed by atoms with Crippen LogP contribution in [0, 0.1) is 0 Å².